The summed E-state index contributed by atoms with van der Waals surface area (Å²) in [6.07, 6.45) is -0.128. The Morgan fingerprint density at radius 3 is 2.39 bits per heavy atom. The first-order valence-corrected chi connectivity index (χ1v) is 5.47. The Morgan fingerprint density at radius 1 is 1.22 bits per heavy atom. The monoisotopic (exact) mass is 251 g/mol. The highest BCUT2D eigenvalue weighted by Gasteiger charge is 2.17. The zero-order chi connectivity index (χ0) is 13.7. The fourth-order valence-corrected chi connectivity index (χ4v) is 1.52. The van der Waals surface area contributed by atoms with Gasteiger partial charge in [0.15, 0.2) is 0 Å². The van der Waals surface area contributed by atoms with Crippen LogP contribution < -0.4 is 14.4 Å². The van der Waals surface area contributed by atoms with Gasteiger partial charge in [-0.05, 0) is 19.1 Å². The van der Waals surface area contributed by atoms with Crippen molar-refractivity contribution < 1.29 is 19.1 Å². The van der Waals surface area contributed by atoms with E-state index in [1.54, 1.807) is 32.4 Å². The fraction of sp³-hybridized carbons (Fsp3) is 0.385. The van der Waals surface area contributed by atoms with E-state index in [0.29, 0.717) is 17.2 Å². The van der Waals surface area contributed by atoms with Gasteiger partial charge >= 0.3 is 0 Å². The van der Waals surface area contributed by atoms with Gasteiger partial charge in [0.05, 0.1) is 26.3 Å². The van der Waals surface area contributed by atoms with Crippen LogP contribution in [-0.2, 0) is 9.59 Å². The van der Waals surface area contributed by atoms with E-state index < -0.39 is 0 Å². The molecule has 0 radical (unpaired) electrons. The van der Waals surface area contributed by atoms with Crippen molar-refractivity contribution in [3.63, 3.8) is 0 Å². The summed E-state index contributed by atoms with van der Waals surface area (Å²) < 4.78 is 10.3. The molecule has 1 amide bonds. The summed E-state index contributed by atoms with van der Waals surface area (Å²) >= 11 is 0. The van der Waals surface area contributed by atoms with Gasteiger partial charge in [0.2, 0.25) is 5.91 Å². The lowest BCUT2D eigenvalue weighted by molar-refractivity contribution is -0.125. The van der Waals surface area contributed by atoms with Gasteiger partial charge in [-0.15, -0.1) is 0 Å². The molecular weight excluding hydrogens is 234 g/mol. The van der Waals surface area contributed by atoms with Crippen molar-refractivity contribution in [3.05, 3.63) is 18.2 Å². The molecule has 0 aliphatic carbocycles. The third-order valence-corrected chi connectivity index (χ3v) is 2.52. The van der Waals surface area contributed by atoms with Crippen molar-refractivity contribution in [2.24, 2.45) is 0 Å². The minimum absolute atomic E-state index is 0.128. The number of amides is 1. The Morgan fingerprint density at radius 2 is 1.89 bits per heavy atom. The van der Waals surface area contributed by atoms with Gasteiger partial charge in [-0.3, -0.25) is 9.59 Å². The quantitative estimate of drug-likeness (QED) is 0.747. The lowest BCUT2D eigenvalue weighted by atomic mass is 10.2. The molecule has 1 aromatic carbocycles. The molecule has 1 rings (SSSR count). The molecule has 0 fully saturated rings. The molecule has 0 aliphatic heterocycles. The number of methoxy groups -OCH3 is 2. The third-order valence-electron chi connectivity index (χ3n) is 2.52. The van der Waals surface area contributed by atoms with E-state index in [2.05, 4.69) is 0 Å². The average molecular weight is 251 g/mol. The first kappa shape index (κ1) is 14.0. The van der Waals surface area contributed by atoms with Crippen molar-refractivity contribution >= 4 is 17.4 Å². The van der Waals surface area contributed by atoms with Crippen LogP contribution in [0.4, 0.5) is 5.69 Å². The predicted octanol–water partition coefficient (Wildman–Crippen LogP) is 1.65. The number of hydrogen-bond acceptors (Lipinski definition) is 4. The van der Waals surface area contributed by atoms with Gasteiger partial charge in [0.25, 0.3) is 0 Å². The van der Waals surface area contributed by atoms with Gasteiger partial charge in [0.1, 0.15) is 17.3 Å². The molecule has 18 heavy (non-hydrogen) atoms. The van der Waals surface area contributed by atoms with Gasteiger partial charge in [0, 0.05) is 13.1 Å². The second-order valence-electron chi connectivity index (χ2n) is 3.87. The predicted molar refractivity (Wildman–Crippen MR) is 68.3 cm³/mol. The molecule has 0 bridgehead atoms. The molecule has 5 heteroatoms. The van der Waals surface area contributed by atoms with Gasteiger partial charge < -0.3 is 14.4 Å². The van der Waals surface area contributed by atoms with Crippen LogP contribution in [-0.4, -0.2) is 33.0 Å². The minimum Gasteiger partial charge on any atom is -0.497 e. The summed E-state index contributed by atoms with van der Waals surface area (Å²) in [5.41, 5.74) is 0.572. The maximum absolute atomic E-state index is 11.8. The Balaban J connectivity index is 3.05. The van der Waals surface area contributed by atoms with Gasteiger partial charge in [-0.2, -0.15) is 0 Å². The lowest BCUT2D eigenvalue weighted by Crippen LogP contribution is -2.28. The molecule has 98 valence electrons. The van der Waals surface area contributed by atoms with Crippen molar-refractivity contribution in [1.29, 1.82) is 0 Å². The highest BCUT2D eigenvalue weighted by atomic mass is 16.5. The van der Waals surface area contributed by atoms with Crippen molar-refractivity contribution in [2.75, 3.05) is 26.2 Å². The van der Waals surface area contributed by atoms with E-state index in [4.69, 9.17) is 9.47 Å². The Bertz CT molecular complexity index is 456. The van der Waals surface area contributed by atoms with Crippen LogP contribution >= 0.6 is 0 Å². The van der Waals surface area contributed by atoms with Crippen LogP contribution in [0.3, 0.4) is 0 Å². The number of carbonyl (C=O) groups excluding carboxylic acids is 2. The number of rotatable bonds is 5. The standard InChI is InChI=1S/C13H17NO4/c1-9(15)7-13(16)14(2)11-8-10(17-3)5-6-12(11)18-4/h5-6,8H,7H2,1-4H3. The van der Waals surface area contributed by atoms with E-state index in [1.807, 2.05) is 0 Å². The molecule has 5 nitrogen and oxygen atoms in total. The molecular formula is C13H17NO4. The number of hydrogen-bond donors (Lipinski definition) is 0. The first-order valence-electron chi connectivity index (χ1n) is 5.47. The van der Waals surface area contributed by atoms with Crippen LogP contribution in [0.1, 0.15) is 13.3 Å². The summed E-state index contributed by atoms with van der Waals surface area (Å²) in [5, 5.41) is 0. The maximum Gasteiger partial charge on any atom is 0.234 e. The number of carbonyl (C=O) groups is 2. The molecule has 0 aromatic heterocycles. The number of benzene rings is 1. The minimum atomic E-state index is -0.283. The van der Waals surface area contributed by atoms with E-state index in [0.717, 1.165) is 0 Å². The van der Waals surface area contributed by atoms with Crippen molar-refractivity contribution in [2.45, 2.75) is 13.3 Å². The van der Waals surface area contributed by atoms with Crippen LogP contribution in [0.5, 0.6) is 11.5 Å². The normalized spacial score (nSPS) is 9.78. The molecule has 0 aliphatic rings. The van der Waals surface area contributed by atoms with Crippen LogP contribution in [0, 0.1) is 0 Å². The summed E-state index contributed by atoms with van der Waals surface area (Å²) in [6.45, 7) is 1.38. The van der Waals surface area contributed by atoms with E-state index >= 15 is 0 Å². The van der Waals surface area contributed by atoms with Gasteiger partial charge in [-0.25, -0.2) is 0 Å². The van der Waals surface area contributed by atoms with Crippen LogP contribution in [0.25, 0.3) is 0 Å². The number of ether oxygens (including phenoxy) is 2. The van der Waals surface area contributed by atoms with Crippen molar-refractivity contribution in [1.82, 2.24) is 0 Å². The van der Waals surface area contributed by atoms with E-state index in [9.17, 15) is 9.59 Å². The molecule has 1 aromatic rings. The molecule has 0 N–H and O–H groups in total. The first-order chi connectivity index (χ1) is 8.49. The SMILES string of the molecule is COc1ccc(OC)c(N(C)C(=O)CC(C)=O)c1. The van der Waals surface area contributed by atoms with Crippen LogP contribution in [0.2, 0.25) is 0 Å². The summed E-state index contributed by atoms with van der Waals surface area (Å²) in [4.78, 5) is 24.2. The summed E-state index contributed by atoms with van der Waals surface area (Å²) in [7, 11) is 4.67. The Labute approximate surface area is 106 Å². The molecule has 0 unspecified atom stereocenters. The molecule has 0 spiro atoms. The third kappa shape index (κ3) is 3.23. The van der Waals surface area contributed by atoms with E-state index in [1.165, 1.54) is 18.9 Å². The highest BCUT2D eigenvalue weighted by molar-refractivity contribution is 6.05. The number of anilines is 1. The second kappa shape index (κ2) is 6.05. The molecule has 0 saturated carbocycles. The van der Waals surface area contributed by atoms with Crippen molar-refractivity contribution in [3.8, 4) is 11.5 Å². The summed E-state index contributed by atoms with van der Waals surface area (Å²) in [5.74, 6) is 0.714. The number of Topliss-reactive ketones (excluding diaryl/α,β-unsaturated/α-hetero) is 1. The molecule has 0 heterocycles. The lowest BCUT2D eigenvalue weighted by Gasteiger charge is -2.20. The maximum atomic E-state index is 11.8. The van der Waals surface area contributed by atoms with E-state index in [-0.39, 0.29) is 18.1 Å². The zero-order valence-electron chi connectivity index (χ0n) is 11.0. The number of nitrogens with zero attached hydrogens (tertiary/aromatic N) is 1. The topological polar surface area (TPSA) is 55.8 Å². The average Bonchev–Trinajstić information content (AvgIpc) is 2.36. The molecule has 0 atom stereocenters. The second-order valence-corrected chi connectivity index (χ2v) is 3.87. The highest BCUT2D eigenvalue weighted by Crippen LogP contribution is 2.31. The Hall–Kier alpha value is -2.04. The zero-order valence-corrected chi connectivity index (χ0v) is 11.0. The fourth-order valence-electron chi connectivity index (χ4n) is 1.52. The summed E-state index contributed by atoms with van der Waals surface area (Å²) in [6, 6.07) is 5.15. The smallest absolute Gasteiger partial charge is 0.234 e. The Kier molecular flexibility index (Phi) is 4.71. The van der Waals surface area contributed by atoms with Gasteiger partial charge in [-0.1, -0.05) is 0 Å². The largest absolute Gasteiger partial charge is 0.497 e. The molecule has 0 saturated heterocycles. The number of ketones is 1. The van der Waals surface area contributed by atoms with Crippen LogP contribution in [0.15, 0.2) is 18.2 Å².